The summed E-state index contributed by atoms with van der Waals surface area (Å²) in [5, 5.41) is 1.78. The summed E-state index contributed by atoms with van der Waals surface area (Å²) >= 11 is 7.82. The van der Waals surface area contributed by atoms with Crippen molar-refractivity contribution >= 4 is 49.9 Å². The number of hydrogen-bond acceptors (Lipinski definition) is 5. The summed E-state index contributed by atoms with van der Waals surface area (Å²) in [5.74, 6) is 0.366. The van der Waals surface area contributed by atoms with Crippen LogP contribution in [0.5, 0.6) is 0 Å². The maximum absolute atomic E-state index is 12.9. The topological polar surface area (TPSA) is 39.7 Å². The van der Waals surface area contributed by atoms with Crippen LogP contribution in [0.15, 0.2) is 42.5 Å². The molecule has 2 aliphatic heterocycles. The molecule has 0 bridgehead atoms. The van der Waals surface area contributed by atoms with Crippen molar-refractivity contribution in [1.82, 2.24) is 9.88 Å². The first-order chi connectivity index (χ1) is 14.1. The minimum Gasteiger partial charge on any atom is -0.368 e. The number of aromatic nitrogens is 1. The van der Waals surface area contributed by atoms with Crippen molar-refractivity contribution in [2.24, 2.45) is 5.92 Å². The number of amides is 1. The maximum atomic E-state index is 12.9. The summed E-state index contributed by atoms with van der Waals surface area (Å²) < 4.78 is 1.21. The van der Waals surface area contributed by atoms with Crippen LogP contribution >= 0.6 is 22.9 Å². The van der Waals surface area contributed by atoms with Crippen LogP contribution in [0.1, 0.15) is 5.56 Å². The van der Waals surface area contributed by atoms with Gasteiger partial charge in [-0.25, -0.2) is 4.98 Å². The molecule has 2 aromatic carbocycles. The molecular formula is C22H23ClN4OS. The minimum absolute atomic E-state index is 0.0847. The highest BCUT2D eigenvalue weighted by atomic mass is 35.5. The predicted octanol–water partition coefficient (Wildman–Crippen LogP) is 4.04. The molecule has 29 heavy (non-hydrogen) atoms. The Morgan fingerprint density at radius 1 is 1.07 bits per heavy atom. The van der Waals surface area contributed by atoms with Gasteiger partial charge in [-0.3, -0.25) is 4.79 Å². The van der Waals surface area contributed by atoms with Crippen LogP contribution in [0.25, 0.3) is 10.2 Å². The number of hydrogen-bond donors (Lipinski definition) is 0. The van der Waals surface area contributed by atoms with E-state index in [1.807, 2.05) is 23.1 Å². The molecule has 0 unspecified atom stereocenters. The standard InChI is InChI=1S/C22H23ClN4OS/c1-15-5-6-19-20(11-15)29-22(24-19)27-13-16(14-27)21(28)26-9-7-25(8-10-26)18-4-2-3-17(23)12-18/h2-6,11-12,16H,7-10,13-14H2,1H3. The van der Waals surface area contributed by atoms with E-state index in [1.54, 1.807) is 11.3 Å². The van der Waals surface area contributed by atoms with Gasteiger partial charge in [0.05, 0.1) is 16.1 Å². The molecule has 3 aromatic rings. The fourth-order valence-electron chi connectivity index (χ4n) is 4.06. The second-order valence-corrected chi connectivity index (χ2v) is 9.31. The van der Waals surface area contributed by atoms with E-state index < -0.39 is 0 Å². The molecule has 1 aromatic heterocycles. The maximum Gasteiger partial charge on any atom is 0.229 e. The van der Waals surface area contributed by atoms with Crippen molar-refractivity contribution < 1.29 is 4.79 Å². The lowest BCUT2D eigenvalue weighted by molar-refractivity contribution is -0.136. The van der Waals surface area contributed by atoms with Gasteiger partial charge in [-0.15, -0.1) is 0 Å². The lowest BCUT2D eigenvalue weighted by atomic mass is 9.99. The van der Waals surface area contributed by atoms with Gasteiger partial charge < -0.3 is 14.7 Å². The third kappa shape index (κ3) is 3.67. The van der Waals surface area contributed by atoms with Crippen molar-refractivity contribution in [3.05, 3.63) is 53.1 Å². The van der Waals surface area contributed by atoms with E-state index in [1.165, 1.54) is 10.3 Å². The lowest BCUT2D eigenvalue weighted by Gasteiger charge is -2.43. The van der Waals surface area contributed by atoms with E-state index in [0.29, 0.717) is 0 Å². The Balaban J connectivity index is 1.17. The summed E-state index contributed by atoms with van der Waals surface area (Å²) in [5.41, 5.74) is 3.43. The third-order valence-electron chi connectivity index (χ3n) is 5.80. The van der Waals surface area contributed by atoms with Gasteiger partial charge in [0.25, 0.3) is 0 Å². The number of carbonyl (C=O) groups is 1. The van der Waals surface area contributed by atoms with Crippen LogP contribution in [-0.2, 0) is 4.79 Å². The first-order valence-electron chi connectivity index (χ1n) is 9.98. The number of fused-ring (bicyclic) bond motifs is 1. The van der Waals surface area contributed by atoms with Gasteiger partial charge in [0.2, 0.25) is 5.91 Å². The number of halogens is 1. The molecule has 1 amide bonds. The van der Waals surface area contributed by atoms with Crippen LogP contribution in [0, 0.1) is 12.8 Å². The predicted molar refractivity (Wildman–Crippen MR) is 120 cm³/mol. The van der Waals surface area contributed by atoms with E-state index in [-0.39, 0.29) is 11.8 Å². The summed E-state index contributed by atoms with van der Waals surface area (Å²) in [6.07, 6.45) is 0. The van der Waals surface area contributed by atoms with Crippen LogP contribution in [-0.4, -0.2) is 55.1 Å². The molecule has 0 radical (unpaired) electrons. The number of piperazine rings is 1. The molecule has 3 heterocycles. The number of thiazole rings is 1. The molecule has 0 atom stereocenters. The molecule has 0 saturated carbocycles. The minimum atomic E-state index is 0.0847. The Morgan fingerprint density at radius 3 is 2.62 bits per heavy atom. The molecule has 2 aliphatic rings. The Morgan fingerprint density at radius 2 is 1.86 bits per heavy atom. The number of benzene rings is 2. The lowest BCUT2D eigenvalue weighted by Crippen LogP contribution is -2.58. The van der Waals surface area contributed by atoms with Gasteiger partial charge in [-0.2, -0.15) is 0 Å². The zero-order valence-corrected chi connectivity index (χ0v) is 17.9. The number of aryl methyl sites for hydroxylation is 1. The van der Waals surface area contributed by atoms with Crippen molar-refractivity contribution in [3.8, 4) is 0 Å². The van der Waals surface area contributed by atoms with E-state index in [4.69, 9.17) is 16.6 Å². The number of rotatable bonds is 3. The molecule has 0 spiro atoms. The molecule has 0 aliphatic carbocycles. The SMILES string of the molecule is Cc1ccc2nc(N3CC(C(=O)N4CCN(c5cccc(Cl)c5)CC4)C3)sc2c1. The summed E-state index contributed by atoms with van der Waals surface area (Å²) in [6, 6.07) is 14.3. The average molecular weight is 427 g/mol. The summed E-state index contributed by atoms with van der Waals surface area (Å²) in [7, 11) is 0. The highest BCUT2D eigenvalue weighted by Crippen LogP contribution is 2.34. The van der Waals surface area contributed by atoms with E-state index in [2.05, 4.69) is 41.0 Å². The van der Waals surface area contributed by atoms with Gasteiger partial charge in [0, 0.05) is 50.0 Å². The van der Waals surface area contributed by atoms with Crippen molar-refractivity contribution in [3.63, 3.8) is 0 Å². The van der Waals surface area contributed by atoms with Crippen molar-refractivity contribution in [2.45, 2.75) is 6.92 Å². The van der Waals surface area contributed by atoms with Crippen LogP contribution in [0.3, 0.4) is 0 Å². The third-order valence-corrected chi connectivity index (χ3v) is 7.11. The van der Waals surface area contributed by atoms with E-state index in [0.717, 1.165) is 60.6 Å². The zero-order valence-electron chi connectivity index (χ0n) is 16.3. The Kier molecular flexibility index (Phi) is 4.84. The van der Waals surface area contributed by atoms with Gasteiger partial charge in [-0.05, 0) is 42.8 Å². The molecule has 5 nitrogen and oxygen atoms in total. The number of carbonyl (C=O) groups excluding carboxylic acids is 1. The summed E-state index contributed by atoms with van der Waals surface area (Å²) in [6.45, 7) is 6.87. The first-order valence-corrected chi connectivity index (χ1v) is 11.2. The average Bonchev–Trinajstić information content (AvgIpc) is 3.09. The second-order valence-electron chi connectivity index (χ2n) is 7.86. The van der Waals surface area contributed by atoms with Crippen LogP contribution < -0.4 is 9.80 Å². The van der Waals surface area contributed by atoms with Gasteiger partial charge in [0.1, 0.15) is 0 Å². The quantitative estimate of drug-likeness (QED) is 0.633. The summed E-state index contributed by atoms with van der Waals surface area (Å²) in [4.78, 5) is 24.2. The van der Waals surface area contributed by atoms with Crippen LogP contribution in [0.2, 0.25) is 5.02 Å². The molecule has 2 saturated heterocycles. The fraction of sp³-hybridized carbons (Fsp3) is 0.364. The molecule has 2 fully saturated rings. The van der Waals surface area contributed by atoms with Crippen molar-refractivity contribution in [2.75, 3.05) is 49.1 Å². The second kappa shape index (κ2) is 7.50. The number of anilines is 2. The van der Waals surface area contributed by atoms with Gasteiger partial charge in [0.15, 0.2) is 5.13 Å². The van der Waals surface area contributed by atoms with Gasteiger partial charge >= 0.3 is 0 Å². The molecule has 0 N–H and O–H groups in total. The smallest absolute Gasteiger partial charge is 0.229 e. The highest BCUT2D eigenvalue weighted by molar-refractivity contribution is 7.22. The Hall–Kier alpha value is -2.31. The van der Waals surface area contributed by atoms with Crippen LogP contribution in [0.4, 0.5) is 10.8 Å². The number of nitrogens with zero attached hydrogens (tertiary/aromatic N) is 4. The Bertz CT molecular complexity index is 1050. The van der Waals surface area contributed by atoms with E-state index in [9.17, 15) is 4.79 Å². The Labute approximate surface area is 179 Å². The highest BCUT2D eigenvalue weighted by Gasteiger charge is 2.37. The monoisotopic (exact) mass is 426 g/mol. The van der Waals surface area contributed by atoms with E-state index >= 15 is 0 Å². The normalized spacial score (nSPS) is 17.7. The first kappa shape index (κ1) is 18.7. The van der Waals surface area contributed by atoms with Crippen molar-refractivity contribution in [1.29, 1.82) is 0 Å². The fourth-order valence-corrected chi connectivity index (χ4v) is 5.33. The zero-order chi connectivity index (χ0) is 20.0. The molecule has 7 heteroatoms. The molecular weight excluding hydrogens is 404 g/mol. The molecule has 150 valence electrons. The largest absolute Gasteiger partial charge is 0.368 e. The van der Waals surface area contributed by atoms with Gasteiger partial charge in [-0.1, -0.05) is 35.1 Å². The molecule has 5 rings (SSSR count).